The Morgan fingerprint density at radius 2 is 1.55 bits per heavy atom. The predicted molar refractivity (Wildman–Crippen MR) is 234 cm³/mol. The van der Waals surface area contributed by atoms with E-state index in [1.54, 1.807) is 6.20 Å². The van der Waals surface area contributed by atoms with Crippen molar-refractivity contribution in [3.8, 4) is 5.75 Å². The van der Waals surface area contributed by atoms with Gasteiger partial charge in [-0.2, -0.15) is 17.6 Å². The maximum atomic E-state index is 15.0. The Morgan fingerprint density at radius 1 is 0.871 bits per heavy atom. The lowest BCUT2D eigenvalue weighted by Crippen LogP contribution is -2.65. The zero-order valence-electron chi connectivity index (χ0n) is 37.6. The van der Waals surface area contributed by atoms with Crippen molar-refractivity contribution in [2.45, 2.75) is 148 Å². The summed E-state index contributed by atoms with van der Waals surface area (Å²) in [5.74, 6) is 0.573. The third-order valence-corrected chi connectivity index (χ3v) is 19.5. The highest BCUT2D eigenvalue weighted by atomic mass is 32.2. The fourth-order valence-corrected chi connectivity index (χ4v) is 15.7. The Morgan fingerprint density at radius 3 is 2.23 bits per heavy atom. The number of aromatic nitrogens is 2. The number of hydrogen-bond acceptors (Lipinski definition) is 6. The van der Waals surface area contributed by atoms with E-state index in [-0.39, 0.29) is 50.3 Å². The largest absolute Gasteiger partial charge is 0.573 e. The van der Waals surface area contributed by atoms with E-state index < -0.39 is 33.0 Å². The number of piperidine rings is 1. The molecule has 8 nitrogen and oxygen atoms in total. The van der Waals surface area contributed by atoms with Crippen molar-refractivity contribution in [1.29, 1.82) is 0 Å². The van der Waals surface area contributed by atoms with Crippen LogP contribution in [-0.2, 0) is 33.2 Å². The fourth-order valence-electron chi connectivity index (χ4n) is 14.5. The molecule has 9 rings (SSSR count). The van der Waals surface area contributed by atoms with E-state index in [9.17, 15) is 26.4 Å². The number of nitrogens with zero attached hydrogens (tertiary/aromatic N) is 3. The molecule has 0 unspecified atom stereocenters. The number of carbonyl (C=O) groups is 1. The van der Waals surface area contributed by atoms with Crippen molar-refractivity contribution in [2.24, 2.45) is 44.8 Å². The summed E-state index contributed by atoms with van der Waals surface area (Å²) < 4.78 is 71.4. The molecule has 7 atom stereocenters. The van der Waals surface area contributed by atoms with Gasteiger partial charge in [0.2, 0.25) is 5.91 Å². The molecule has 3 saturated carbocycles. The highest BCUT2D eigenvalue weighted by molar-refractivity contribution is 7.89. The molecule has 336 valence electrons. The van der Waals surface area contributed by atoms with E-state index in [2.05, 4.69) is 99.8 Å². The number of fused-ring (bicyclic) bond motifs is 8. The van der Waals surface area contributed by atoms with Crippen LogP contribution >= 0.6 is 0 Å². The number of allylic oxidation sites excluding steroid dienone is 2. The van der Waals surface area contributed by atoms with Gasteiger partial charge in [-0.25, -0.2) is 0 Å². The van der Waals surface area contributed by atoms with Crippen LogP contribution in [0.4, 0.5) is 13.2 Å². The highest BCUT2D eigenvalue weighted by Crippen LogP contribution is 2.75. The van der Waals surface area contributed by atoms with E-state index in [0.29, 0.717) is 12.3 Å². The molecule has 3 aromatic rings. The van der Waals surface area contributed by atoms with Gasteiger partial charge in [-0.05, 0) is 145 Å². The minimum absolute atomic E-state index is 0.0337. The lowest BCUT2D eigenvalue weighted by atomic mass is 9.33. The summed E-state index contributed by atoms with van der Waals surface area (Å²) in [6.07, 6.45) is 9.81. The molecule has 0 bridgehead atoms. The van der Waals surface area contributed by atoms with Crippen molar-refractivity contribution in [2.75, 3.05) is 13.1 Å². The van der Waals surface area contributed by atoms with Gasteiger partial charge < -0.3 is 10.1 Å². The molecular formula is C50H65F3N4O4S. The third kappa shape index (κ3) is 6.98. The molecule has 12 heteroatoms. The second-order valence-electron chi connectivity index (χ2n) is 22.2. The molecule has 1 saturated heterocycles. The molecule has 2 aromatic carbocycles. The van der Waals surface area contributed by atoms with Gasteiger partial charge in [0.25, 0.3) is 10.0 Å². The molecule has 1 amide bonds. The first-order chi connectivity index (χ1) is 29.0. The number of likely N-dealkylation sites (tertiary alicyclic amines) is 1. The van der Waals surface area contributed by atoms with Crippen molar-refractivity contribution in [1.82, 2.24) is 19.4 Å². The number of carbonyl (C=O) groups excluding carboxylic acids is 1. The van der Waals surface area contributed by atoms with Crippen LogP contribution in [0.1, 0.15) is 129 Å². The minimum atomic E-state index is -4.88. The molecule has 0 spiro atoms. The Balaban J connectivity index is 0.981. The molecule has 1 aromatic heterocycles. The third-order valence-electron chi connectivity index (χ3n) is 18.0. The summed E-state index contributed by atoms with van der Waals surface area (Å²) in [6, 6.07) is 15.1. The number of hydrogen-bond donors (Lipinski definition) is 1. The van der Waals surface area contributed by atoms with Crippen LogP contribution in [0.15, 0.2) is 77.3 Å². The Bertz CT molecular complexity index is 2350. The Hall–Kier alpha value is -3.64. The monoisotopic (exact) mass is 874 g/mol. The standard InChI is InChI=1S/C50H65F3N4O4S/c1-44(2)23-25-49(43(58)54-35-20-27-56(28-21-35)31-33-11-9-8-10-12-33)26-24-47(6)38(39(49)30-44)17-18-41-46(5)29-34-32-57(55-42(34)45(3,4)40(46)19-22-48(41,47)7)62(59,60)37-15-13-36(14-16-37)61-50(51,52)53/h8-17,32,35,39-41H,18-31H2,1-7H3,(H,54,58)/t39-,40-,41+,46-,47+,48+,49-/m0/s1. The molecule has 1 N–H and O–H groups in total. The molecule has 2 heterocycles. The van der Waals surface area contributed by atoms with Crippen LogP contribution < -0.4 is 10.1 Å². The lowest BCUT2D eigenvalue weighted by Gasteiger charge is -2.70. The summed E-state index contributed by atoms with van der Waals surface area (Å²) in [4.78, 5) is 17.3. The van der Waals surface area contributed by atoms with Crippen molar-refractivity contribution in [3.05, 3.63) is 89.3 Å². The van der Waals surface area contributed by atoms with Crippen molar-refractivity contribution >= 4 is 15.9 Å². The van der Waals surface area contributed by atoms with E-state index in [0.717, 1.165) is 123 Å². The minimum Gasteiger partial charge on any atom is -0.406 e. The van der Waals surface area contributed by atoms with E-state index in [1.165, 1.54) is 11.1 Å². The lowest BCUT2D eigenvalue weighted by molar-refractivity contribution is -0.274. The Kier molecular flexibility index (Phi) is 10.3. The van der Waals surface area contributed by atoms with Gasteiger partial charge in [-0.3, -0.25) is 9.69 Å². The van der Waals surface area contributed by atoms with Gasteiger partial charge in [0.15, 0.2) is 0 Å². The molecule has 62 heavy (non-hydrogen) atoms. The van der Waals surface area contributed by atoms with Gasteiger partial charge in [0.05, 0.1) is 16.0 Å². The first kappa shape index (κ1) is 43.6. The van der Waals surface area contributed by atoms with Crippen LogP contribution in [-0.4, -0.2) is 53.9 Å². The number of alkyl halides is 3. The summed E-state index contributed by atoms with van der Waals surface area (Å²) in [5.41, 5.74) is 3.58. The van der Waals surface area contributed by atoms with Crippen molar-refractivity contribution in [3.63, 3.8) is 0 Å². The number of ether oxygens (including phenoxy) is 1. The zero-order valence-corrected chi connectivity index (χ0v) is 38.4. The summed E-state index contributed by atoms with van der Waals surface area (Å²) in [7, 11) is -4.19. The van der Waals surface area contributed by atoms with E-state index in [4.69, 9.17) is 5.10 Å². The second-order valence-corrected chi connectivity index (χ2v) is 24.0. The number of amides is 1. The topological polar surface area (TPSA) is 93.5 Å². The summed E-state index contributed by atoms with van der Waals surface area (Å²) in [5, 5.41) is 8.44. The highest BCUT2D eigenvalue weighted by Gasteiger charge is 2.69. The smallest absolute Gasteiger partial charge is 0.406 e. The molecule has 5 aliphatic carbocycles. The summed E-state index contributed by atoms with van der Waals surface area (Å²) in [6.45, 7) is 19.6. The average Bonchev–Trinajstić information content (AvgIpc) is 3.64. The van der Waals surface area contributed by atoms with Gasteiger partial charge >= 0.3 is 6.36 Å². The van der Waals surface area contributed by atoms with E-state index in [1.807, 2.05) is 0 Å². The number of benzene rings is 2. The number of halogens is 3. The maximum Gasteiger partial charge on any atom is 0.573 e. The molecule has 1 aliphatic heterocycles. The Labute approximate surface area is 366 Å². The number of rotatable bonds is 7. The molecule has 4 fully saturated rings. The average molecular weight is 875 g/mol. The number of nitrogens with one attached hydrogen (secondary N) is 1. The molecule has 6 aliphatic rings. The first-order valence-corrected chi connectivity index (χ1v) is 24.4. The predicted octanol–water partition coefficient (Wildman–Crippen LogP) is 10.6. The normalized spacial score (nSPS) is 34.4. The van der Waals surface area contributed by atoms with Crippen LogP contribution in [0.5, 0.6) is 5.75 Å². The SMILES string of the molecule is CC1(C)CC[C@]2(C(=O)NC3CCN(Cc4ccccc4)CC3)CC[C@]3(C)C(=CC[C@@H]4[C@@]5(C)Cc6cn(S(=O)(=O)c7ccc(OC(F)(F)F)cc7)nc6C(C)(C)[C@@H]5CC[C@]43C)[C@@H]2C1. The molecule has 0 radical (unpaired) electrons. The van der Waals surface area contributed by atoms with Crippen LogP contribution in [0, 0.1) is 44.8 Å². The van der Waals surface area contributed by atoms with E-state index >= 15 is 0 Å². The van der Waals surface area contributed by atoms with Gasteiger partial charge in [0, 0.05) is 37.3 Å². The first-order valence-electron chi connectivity index (χ1n) is 23.0. The van der Waals surface area contributed by atoms with Crippen LogP contribution in [0.25, 0.3) is 0 Å². The van der Waals surface area contributed by atoms with Gasteiger partial charge in [-0.1, -0.05) is 90.4 Å². The summed E-state index contributed by atoms with van der Waals surface area (Å²) >= 11 is 0. The van der Waals surface area contributed by atoms with Gasteiger partial charge in [-0.15, -0.1) is 13.2 Å². The van der Waals surface area contributed by atoms with Crippen LogP contribution in [0.2, 0.25) is 0 Å². The van der Waals surface area contributed by atoms with Crippen molar-refractivity contribution < 1.29 is 31.1 Å². The molecular weight excluding hydrogens is 810 g/mol. The zero-order chi connectivity index (χ0) is 44.3. The van der Waals surface area contributed by atoms with Gasteiger partial charge in [0.1, 0.15) is 5.75 Å². The second kappa shape index (κ2) is 14.7. The van der Waals surface area contributed by atoms with Crippen LogP contribution in [0.3, 0.4) is 0 Å². The fraction of sp³-hybridized carbons (Fsp3) is 0.640. The quantitative estimate of drug-likeness (QED) is 0.238. The maximum absolute atomic E-state index is 15.0.